The molecular formula is C27H21NO4. The summed E-state index contributed by atoms with van der Waals surface area (Å²) in [6.07, 6.45) is -0.757. The van der Waals surface area contributed by atoms with E-state index in [4.69, 9.17) is 4.74 Å². The third-order valence-corrected chi connectivity index (χ3v) is 5.96. The molecule has 5 heteroatoms. The van der Waals surface area contributed by atoms with Crippen molar-refractivity contribution in [1.82, 2.24) is 5.32 Å². The van der Waals surface area contributed by atoms with E-state index < -0.39 is 18.1 Å². The van der Waals surface area contributed by atoms with Gasteiger partial charge in [0.05, 0.1) is 0 Å². The van der Waals surface area contributed by atoms with Crippen molar-refractivity contribution in [3.63, 3.8) is 0 Å². The molecule has 1 atom stereocenters. The first-order chi connectivity index (χ1) is 15.6. The number of carbonyl (C=O) groups excluding carboxylic acids is 1. The van der Waals surface area contributed by atoms with Crippen molar-refractivity contribution in [2.45, 2.75) is 12.0 Å². The van der Waals surface area contributed by atoms with E-state index in [0.717, 1.165) is 33.0 Å². The average Bonchev–Trinajstić information content (AvgIpc) is 3.14. The van der Waals surface area contributed by atoms with E-state index in [1.165, 1.54) is 0 Å². The van der Waals surface area contributed by atoms with Crippen LogP contribution in [-0.4, -0.2) is 23.8 Å². The minimum Gasteiger partial charge on any atom is -0.479 e. The van der Waals surface area contributed by atoms with Gasteiger partial charge in [-0.05, 0) is 44.7 Å². The van der Waals surface area contributed by atoms with E-state index in [-0.39, 0.29) is 12.5 Å². The number of alkyl carbamates (subject to hydrolysis) is 1. The van der Waals surface area contributed by atoms with Crippen molar-refractivity contribution in [3.05, 3.63) is 108 Å². The van der Waals surface area contributed by atoms with Gasteiger partial charge in [0.2, 0.25) is 0 Å². The molecule has 1 amide bonds. The molecule has 158 valence electrons. The van der Waals surface area contributed by atoms with E-state index in [2.05, 4.69) is 17.4 Å². The zero-order valence-corrected chi connectivity index (χ0v) is 17.2. The molecule has 0 fully saturated rings. The molecule has 0 heterocycles. The number of fused-ring (bicyclic) bond motifs is 4. The average molecular weight is 423 g/mol. The van der Waals surface area contributed by atoms with E-state index in [9.17, 15) is 14.7 Å². The third kappa shape index (κ3) is 3.58. The Bertz CT molecular complexity index is 1280. The number of hydrogen-bond donors (Lipinski definition) is 2. The van der Waals surface area contributed by atoms with E-state index >= 15 is 0 Å². The second kappa shape index (κ2) is 8.19. The SMILES string of the molecule is O=C(N[C@H](C(=O)O)c1ccc2ccccc2c1)OCC1c2ccccc2-c2ccccc21. The molecule has 4 aromatic rings. The van der Waals surface area contributed by atoms with Crippen molar-refractivity contribution in [2.75, 3.05) is 6.61 Å². The molecule has 32 heavy (non-hydrogen) atoms. The van der Waals surface area contributed by atoms with Crippen LogP contribution in [0.1, 0.15) is 28.7 Å². The van der Waals surface area contributed by atoms with Crippen molar-refractivity contribution < 1.29 is 19.4 Å². The lowest BCUT2D eigenvalue weighted by atomic mass is 9.98. The number of ether oxygens (including phenoxy) is 1. The molecule has 1 aliphatic rings. The van der Waals surface area contributed by atoms with Crippen molar-refractivity contribution in [2.24, 2.45) is 0 Å². The van der Waals surface area contributed by atoms with Crippen LogP contribution < -0.4 is 5.32 Å². The quantitative estimate of drug-likeness (QED) is 0.444. The van der Waals surface area contributed by atoms with Crippen LogP contribution in [0.3, 0.4) is 0 Å². The number of benzene rings is 4. The zero-order valence-electron chi connectivity index (χ0n) is 17.2. The molecule has 5 rings (SSSR count). The second-order valence-electron chi connectivity index (χ2n) is 7.85. The van der Waals surface area contributed by atoms with Gasteiger partial charge < -0.3 is 15.2 Å². The molecule has 0 spiro atoms. The van der Waals surface area contributed by atoms with Gasteiger partial charge in [0, 0.05) is 5.92 Å². The highest BCUT2D eigenvalue weighted by Crippen LogP contribution is 2.44. The highest BCUT2D eigenvalue weighted by atomic mass is 16.5. The fourth-order valence-electron chi connectivity index (χ4n) is 4.43. The van der Waals surface area contributed by atoms with Crippen molar-refractivity contribution >= 4 is 22.8 Å². The van der Waals surface area contributed by atoms with Crippen LogP contribution in [0, 0.1) is 0 Å². The van der Waals surface area contributed by atoms with Gasteiger partial charge in [0.25, 0.3) is 0 Å². The van der Waals surface area contributed by atoms with Gasteiger partial charge in [-0.25, -0.2) is 9.59 Å². The van der Waals surface area contributed by atoms with Crippen LogP contribution in [0.2, 0.25) is 0 Å². The monoisotopic (exact) mass is 423 g/mol. The smallest absolute Gasteiger partial charge is 0.408 e. The number of carboxylic acid groups (broad SMARTS) is 1. The van der Waals surface area contributed by atoms with E-state index in [1.54, 1.807) is 12.1 Å². The van der Waals surface area contributed by atoms with E-state index in [1.807, 2.05) is 66.7 Å². The molecule has 1 aliphatic carbocycles. The standard InChI is InChI=1S/C27H21NO4/c29-26(30)25(19-14-13-17-7-1-2-8-18(17)15-19)28-27(31)32-16-24-22-11-5-3-9-20(22)21-10-4-6-12-23(21)24/h1-15,24-25H,16H2,(H,28,31)(H,29,30)/t25-/m0/s1. The van der Waals surface area contributed by atoms with E-state index in [0.29, 0.717) is 5.56 Å². The molecule has 0 unspecified atom stereocenters. The Balaban J connectivity index is 1.33. The van der Waals surface area contributed by atoms with Crippen LogP contribution in [0.4, 0.5) is 4.79 Å². The Morgan fingerprint density at radius 1 is 0.812 bits per heavy atom. The second-order valence-corrected chi connectivity index (χ2v) is 7.85. The number of nitrogens with one attached hydrogen (secondary N) is 1. The largest absolute Gasteiger partial charge is 0.479 e. The van der Waals surface area contributed by atoms with Gasteiger partial charge >= 0.3 is 12.1 Å². The van der Waals surface area contributed by atoms with Gasteiger partial charge in [-0.1, -0.05) is 84.9 Å². The first-order valence-corrected chi connectivity index (χ1v) is 10.4. The third-order valence-electron chi connectivity index (χ3n) is 5.96. The Kier molecular flexibility index (Phi) is 5.07. The predicted octanol–water partition coefficient (Wildman–Crippen LogP) is 5.50. The topological polar surface area (TPSA) is 75.6 Å². The Morgan fingerprint density at radius 3 is 2.06 bits per heavy atom. The minimum atomic E-state index is -1.20. The lowest BCUT2D eigenvalue weighted by Crippen LogP contribution is -2.34. The maximum Gasteiger partial charge on any atom is 0.408 e. The summed E-state index contributed by atoms with van der Waals surface area (Å²) in [6.45, 7) is 0.129. The summed E-state index contributed by atoms with van der Waals surface area (Å²) in [7, 11) is 0. The van der Waals surface area contributed by atoms with Gasteiger partial charge in [0.15, 0.2) is 6.04 Å². The van der Waals surface area contributed by atoms with Crippen LogP contribution in [-0.2, 0) is 9.53 Å². The lowest BCUT2D eigenvalue weighted by molar-refractivity contribution is -0.139. The predicted molar refractivity (Wildman–Crippen MR) is 123 cm³/mol. The van der Waals surface area contributed by atoms with Gasteiger partial charge in [0.1, 0.15) is 6.61 Å². The summed E-state index contributed by atoms with van der Waals surface area (Å²) in [5, 5.41) is 14.1. The highest BCUT2D eigenvalue weighted by molar-refractivity contribution is 5.87. The van der Waals surface area contributed by atoms with Crippen molar-refractivity contribution in [1.29, 1.82) is 0 Å². The maximum atomic E-state index is 12.6. The van der Waals surface area contributed by atoms with Crippen LogP contribution in [0.25, 0.3) is 21.9 Å². The summed E-state index contributed by atoms with van der Waals surface area (Å²) < 4.78 is 5.52. The number of rotatable bonds is 5. The summed E-state index contributed by atoms with van der Waals surface area (Å²) in [5.74, 6) is -1.23. The molecule has 4 aromatic carbocycles. The molecule has 0 saturated carbocycles. The number of hydrogen-bond acceptors (Lipinski definition) is 3. The maximum absolute atomic E-state index is 12.6. The fraction of sp³-hybridized carbons (Fsp3) is 0.111. The number of carboxylic acids is 1. The summed E-state index contributed by atoms with van der Waals surface area (Å²) >= 11 is 0. The molecule has 0 bridgehead atoms. The number of aliphatic carboxylic acids is 1. The Hall–Kier alpha value is -4.12. The number of carbonyl (C=O) groups is 2. The summed E-state index contributed by atoms with van der Waals surface area (Å²) in [6, 6.07) is 27.9. The first-order valence-electron chi connectivity index (χ1n) is 10.4. The first kappa shape index (κ1) is 19.8. The molecule has 0 aliphatic heterocycles. The molecular weight excluding hydrogens is 402 g/mol. The molecule has 5 nitrogen and oxygen atoms in total. The van der Waals surface area contributed by atoms with Gasteiger partial charge in [-0.2, -0.15) is 0 Å². The summed E-state index contributed by atoms with van der Waals surface area (Å²) in [4.78, 5) is 24.5. The van der Waals surface area contributed by atoms with Crippen molar-refractivity contribution in [3.8, 4) is 11.1 Å². The Morgan fingerprint density at radius 2 is 1.41 bits per heavy atom. The zero-order chi connectivity index (χ0) is 22.1. The minimum absolute atomic E-state index is 0.0860. The Labute approximate surface area is 185 Å². The molecule has 0 saturated heterocycles. The lowest BCUT2D eigenvalue weighted by Gasteiger charge is -2.18. The summed E-state index contributed by atoms with van der Waals surface area (Å²) in [5.41, 5.74) is 4.97. The number of amides is 1. The van der Waals surface area contributed by atoms with Crippen LogP contribution in [0.15, 0.2) is 91.0 Å². The molecule has 0 radical (unpaired) electrons. The normalized spacial score (nSPS) is 13.2. The molecule has 2 N–H and O–H groups in total. The van der Waals surface area contributed by atoms with Gasteiger partial charge in [-0.3, -0.25) is 0 Å². The van der Waals surface area contributed by atoms with Crippen LogP contribution >= 0.6 is 0 Å². The van der Waals surface area contributed by atoms with Gasteiger partial charge in [-0.15, -0.1) is 0 Å². The fourth-order valence-corrected chi connectivity index (χ4v) is 4.43. The molecule has 0 aromatic heterocycles. The highest BCUT2D eigenvalue weighted by Gasteiger charge is 2.30. The van der Waals surface area contributed by atoms with Crippen LogP contribution in [0.5, 0.6) is 0 Å².